The van der Waals surface area contributed by atoms with E-state index < -0.39 is 0 Å². The monoisotopic (exact) mass is 264 g/mol. The summed E-state index contributed by atoms with van der Waals surface area (Å²) in [6.07, 6.45) is 1.80. The Morgan fingerprint density at radius 2 is 2.22 bits per heavy atom. The van der Waals surface area contributed by atoms with Gasteiger partial charge in [0.25, 0.3) is 0 Å². The maximum Gasteiger partial charge on any atom is 0.123 e. The van der Waals surface area contributed by atoms with Crippen molar-refractivity contribution in [2.75, 3.05) is 0 Å². The van der Waals surface area contributed by atoms with Gasteiger partial charge in [0, 0.05) is 6.04 Å². The van der Waals surface area contributed by atoms with E-state index >= 15 is 0 Å². The minimum absolute atomic E-state index is 0.0133. The predicted octanol–water partition coefficient (Wildman–Crippen LogP) is 3.33. The highest BCUT2D eigenvalue weighted by atomic mass is 32.1. The Bertz CT molecular complexity index is 497. The van der Waals surface area contributed by atoms with Crippen LogP contribution in [0.5, 0.6) is 0 Å². The molecule has 0 aliphatic heterocycles. The van der Waals surface area contributed by atoms with Gasteiger partial charge >= 0.3 is 0 Å². The Morgan fingerprint density at radius 1 is 1.39 bits per heavy atom. The van der Waals surface area contributed by atoms with Crippen molar-refractivity contribution >= 4 is 11.3 Å². The van der Waals surface area contributed by atoms with E-state index in [1.165, 1.54) is 11.6 Å². The predicted molar refractivity (Wildman–Crippen MR) is 73.8 cm³/mol. The lowest BCUT2D eigenvalue weighted by molar-refractivity contribution is 0.509. The van der Waals surface area contributed by atoms with Gasteiger partial charge in [0.1, 0.15) is 5.82 Å². The molecule has 0 aliphatic carbocycles. The maximum atomic E-state index is 13.3. The molecule has 4 heteroatoms. The second-order valence-corrected chi connectivity index (χ2v) is 5.17. The molecule has 0 amide bonds. The number of hydrogen-bond acceptors (Lipinski definition) is 3. The molecule has 1 heterocycles. The van der Waals surface area contributed by atoms with Crippen molar-refractivity contribution in [3.8, 4) is 0 Å². The Morgan fingerprint density at radius 3 is 2.89 bits per heavy atom. The number of hydrazine groups is 1. The highest BCUT2D eigenvalue weighted by Gasteiger charge is 2.13. The summed E-state index contributed by atoms with van der Waals surface area (Å²) in [5.41, 5.74) is 6.08. The number of thiophene rings is 1. The molecule has 1 aromatic heterocycles. The van der Waals surface area contributed by atoms with E-state index in [4.69, 9.17) is 5.84 Å². The lowest BCUT2D eigenvalue weighted by Crippen LogP contribution is -2.29. The van der Waals surface area contributed by atoms with E-state index in [0.29, 0.717) is 0 Å². The molecule has 0 fully saturated rings. The van der Waals surface area contributed by atoms with Crippen molar-refractivity contribution < 1.29 is 4.39 Å². The Kier molecular flexibility index (Phi) is 4.47. The Labute approximate surface area is 111 Å². The zero-order valence-electron chi connectivity index (χ0n) is 10.3. The van der Waals surface area contributed by atoms with Crippen LogP contribution in [0.3, 0.4) is 0 Å². The average Bonchev–Trinajstić information content (AvgIpc) is 2.87. The average molecular weight is 264 g/mol. The molecule has 0 aliphatic rings. The summed E-state index contributed by atoms with van der Waals surface area (Å²) in [5, 5.41) is 4.19. The van der Waals surface area contributed by atoms with E-state index in [1.54, 1.807) is 23.5 Å². The van der Waals surface area contributed by atoms with Crippen LogP contribution in [0.15, 0.2) is 35.0 Å². The molecule has 0 radical (unpaired) electrons. The number of nitrogens with two attached hydrogens (primary N) is 1. The summed E-state index contributed by atoms with van der Waals surface area (Å²) < 4.78 is 13.3. The lowest BCUT2D eigenvalue weighted by atomic mass is 9.96. The third kappa shape index (κ3) is 3.16. The first-order valence-electron chi connectivity index (χ1n) is 5.94. The van der Waals surface area contributed by atoms with Crippen LogP contribution in [-0.2, 0) is 6.42 Å². The van der Waals surface area contributed by atoms with Crippen LogP contribution in [0.4, 0.5) is 4.39 Å². The minimum atomic E-state index is -0.216. The smallest absolute Gasteiger partial charge is 0.123 e. The van der Waals surface area contributed by atoms with Crippen LogP contribution in [-0.4, -0.2) is 0 Å². The highest BCUT2D eigenvalue weighted by molar-refractivity contribution is 7.07. The minimum Gasteiger partial charge on any atom is -0.271 e. The molecule has 3 N–H and O–H groups in total. The second kappa shape index (κ2) is 6.09. The molecule has 1 unspecified atom stereocenters. The highest BCUT2D eigenvalue weighted by Crippen LogP contribution is 2.23. The van der Waals surface area contributed by atoms with E-state index in [0.717, 1.165) is 24.0 Å². The standard InChI is InChI=1S/C14H17FN2S/c1-10-2-4-12(15)8-13(10)14(17-16)5-3-11-6-7-18-9-11/h2,4,6-9,14,17H,3,5,16H2,1H3. The molecule has 0 bridgehead atoms. The third-order valence-corrected chi connectivity index (χ3v) is 3.85. The number of nitrogens with one attached hydrogen (secondary N) is 1. The molecule has 2 nitrogen and oxygen atoms in total. The summed E-state index contributed by atoms with van der Waals surface area (Å²) in [7, 11) is 0. The van der Waals surface area contributed by atoms with Crippen molar-refractivity contribution in [1.82, 2.24) is 5.43 Å². The first kappa shape index (κ1) is 13.2. The van der Waals surface area contributed by atoms with Crippen LogP contribution in [0.25, 0.3) is 0 Å². The number of hydrogen-bond donors (Lipinski definition) is 2. The Hall–Kier alpha value is -1.23. The number of rotatable bonds is 5. The molecule has 0 saturated heterocycles. The number of halogens is 1. The molecule has 96 valence electrons. The normalized spacial score (nSPS) is 12.6. The fourth-order valence-electron chi connectivity index (χ4n) is 2.06. The molecular formula is C14H17FN2S. The van der Waals surface area contributed by atoms with Gasteiger partial charge in [-0.2, -0.15) is 11.3 Å². The number of aryl methyl sites for hydroxylation is 2. The van der Waals surface area contributed by atoms with Crippen molar-refractivity contribution in [3.63, 3.8) is 0 Å². The van der Waals surface area contributed by atoms with Crippen LogP contribution in [0, 0.1) is 12.7 Å². The molecule has 2 rings (SSSR count). The molecule has 1 atom stereocenters. The van der Waals surface area contributed by atoms with Gasteiger partial charge in [0.15, 0.2) is 0 Å². The van der Waals surface area contributed by atoms with Crippen LogP contribution in [0.1, 0.15) is 29.2 Å². The zero-order chi connectivity index (χ0) is 13.0. The van der Waals surface area contributed by atoms with Gasteiger partial charge in [-0.1, -0.05) is 6.07 Å². The fourth-order valence-corrected chi connectivity index (χ4v) is 2.76. The molecule has 0 saturated carbocycles. The first-order valence-corrected chi connectivity index (χ1v) is 6.88. The topological polar surface area (TPSA) is 38.0 Å². The molecular weight excluding hydrogens is 247 g/mol. The first-order chi connectivity index (χ1) is 8.70. The van der Waals surface area contributed by atoms with Gasteiger partial charge in [-0.25, -0.2) is 4.39 Å². The fraction of sp³-hybridized carbons (Fsp3) is 0.286. The van der Waals surface area contributed by atoms with E-state index in [9.17, 15) is 4.39 Å². The van der Waals surface area contributed by atoms with Crippen LogP contribution in [0.2, 0.25) is 0 Å². The largest absolute Gasteiger partial charge is 0.271 e. The molecule has 0 spiro atoms. The van der Waals surface area contributed by atoms with E-state index in [2.05, 4.69) is 22.3 Å². The van der Waals surface area contributed by atoms with Gasteiger partial charge in [-0.3, -0.25) is 11.3 Å². The molecule has 18 heavy (non-hydrogen) atoms. The molecule has 1 aromatic carbocycles. The summed E-state index contributed by atoms with van der Waals surface area (Å²) in [6.45, 7) is 1.98. The van der Waals surface area contributed by atoms with Gasteiger partial charge in [-0.15, -0.1) is 0 Å². The second-order valence-electron chi connectivity index (χ2n) is 4.39. The summed E-state index contributed by atoms with van der Waals surface area (Å²) >= 11 is 1.69. The van der Waals surface area contributed by atoms with Gasteiger partial charge in [0.2, 0.25) is 0 Å². The summed E-state index contributed by atoms with van der Waals surface area (Å²) in [4.78, 5) is 0. The van der Waals surface area contributed by atoms with Crippen molar-refractivity contribution in [2.45, 2.75) is 25.8 Å². The summed E-state index contributed by atoms with van der Waals surface area (Å²) in [5.74, 6) is 5.38. The summed E-state index contributed by atoms with van der Waals surface area (Å²) in [6, 6.07) is 6.93. The number of benzene rings is 1. The SMILES string of the molecule is Cc1ccc(F)cc1C(CCc1ccsc1)NN. The van der Waals surface area contributed by atoms with Crippen molar-refractivity contribution in [3.05, 3.63) is 57.5 Å². The van der Waals surface area contributed by atoms with E-state index in [1.807, 2.05) is 6.92 Å². The third-order valence-electron chi connectivity index (χ3n) is 3.12. The van der Waals surface area contributed by atoms with Gasteiger partial charge in [0.05, 0.1) is 0 Å². The molecule has 2 aromatic rings. The van der Waals surface area contributed by atoms with Crippen molar-refractivity contribution in [1.29, 1.82) is 0 Å². The van der Waals surface area contributed by atoms with E-state index in [-0.39, 0.29) is 11.9 Å². The quantitative estimate of drug-likeness (QED) is 0.642. The van der Waals surface area contributed by atoms with Gasteiger partial charge < -0.3 is 0 Å². The van der Waals surface area contributed by atoms with Crippen LogP contribution < -0.4 is 11.3 Å². The van der Waals surface area contributed by atoms with Crippen LogP contribution >= 0.6 is 11.3 Å². The van der Waals surface area contributed by atoms with Crippen molar-refractivity contribution in [2.24, 2.45) is 5.84 Å². The maximum absolute atomic E-state index is 13.3. The Balaban J connectivity index is 2.10. The zero-order valence-corrected chi connectivity index (χ0v) is 11.1. The van der Waals surface area contributed by atoms with Gasteiger partial charge in [-0.05, 0) is 65.4 Å². The lowest BCUT2D eigenvalue weighted by Gasteiger charge is -2.18.